The van der Waals surface area contributed by atoms with Crippen molar-refractivity contribution < 1.29 is 32.3 Å². The third kappa shape index (κ3) is 10.3. The molecule has 7 nitrogen and oxygen atoms in total. The zero-order chi connectivity index (χ0) is 31.2. The summed E-state index contributed by atoms with van der Waals surface area (Å²) in [5, 5.41) is 3.31. The molecule has 1 atom stereocenters. The van der Waals surface area contributed by atoms with E-state index in [0.717, 1.165) is 5.56 Å². The number of rotatable bonds is 11. The summed E-state index contributed by atoms with van der Waals surface area (Å²) in [6.07, 6.45) is -1.45. The van der Waals surface area contributed by atoms with Crippen molar-refractivity contribution in [3.05, 3.63) is 64.2 Å². The Morgan fingerprint density at radius 3 is 2.27 bits per heavy atom. The van der Waals surface area contributed by atoms with Gasteiger partial charge in [0, 0.05) is 23.7 Å². The highest BCUT2D eigenvalue weighted by molar-refractivity contribution is 6.74. The first-order valence-electron chi connectivity index (χ1n) is 13.5. The minimum atomic E-state index is -2.30. The van der Waals surface area contributed by atoms with Gasteiger partial charge >= 0.3 is 12.1 Å². The number of hydrogen-bond acceptors (Lipinski definition) is 6. The lowest BCUT2D eigenvalue weighted by molar-refractivity contribution is -0.139. The molecule has 1 N–H and O–H groups in total. The molecular formula is C30H43ClF2N2O5Si. The van der Waals surface area contributed by atoms with Crippen LogP contribution in [0.3, 0.4) is 0 Å². The molecule has 0 aliphatic rings. The smallest absolute Gasteiger partial charge is 0.410 e. The maximum absolute atomic E-state index is 14.8. The molecule has 11 heteroatoms. The molecule has 0 unspecified atom stereocenters. The van der Waals surface area contributed by atoms with Gasteiger partial charge in [-0.2, -0.15) is 0 Å². The summed E-state index contributed by atoms with van der Waals surface area (Å²) in [4.78, 5) is 26.3. The highest BCUT2D eigenvalue weighted by atomic mass is 35.5. The standard InChI is InChI=1S/C30H43ClF2N2O5Si/c1-29(2,3)39-28(37)35(16-15-34-23-14-13-21(18-25(36)38-7)26(32)27(23)33)19-24(20-11-10-12-22(31)17-20)40-41(8,9)30(4,5)6/h10-14,17,24,34H,15-16,18-19H2,1-9H3/t24-/m0/s1. The molecule has 0 aliphatic carbocycles. The Bertz CT molecular complexity index is 1210. The van der Waals surface area contributed by atoms with Gasteiger partial charge in [-0.05, 0) is 62.7 Å². The quantitative estimate of drug-likeness (QED) is 0.207. The van der Waals surface area contributed by atoms with Crippen molar-refractivity contribution in [1.29, 1.82) is 0 Å². The summed E-state index contributed by atoms with van der Waals surface area (Å²) in [6, 6.07) is 10.0. The van der Waals surface area contributed by atoms with Crippen LogP contribution in [0.1, 0.15) is 58.8 Å². The average Bonchev–Trinajstić information content (AvgIpc) is 2.84. The second-order valence-corrected chi connectivity index (χ2v) is 17.6. The number of hydrogen-bond donors (Lipinski definition) is 1. The van der Waals surface area contributed by atoms with Gasteiger partial charge in [0.1, 0.15) is 5.60 Å². The van der Waals surface area contributed by atoms with Crippen LogP contribution in [0, 0.1) is 11.6 Å². The minimum absolute atomic E-state index is 0.0916. The normalized spacial score (nSPS) is 13.0. The fourth-order valence-corrected chi connectivity index (χ4v) is 5.12. The number of methoxy groups -OCH3 is 1. The molecule has 0 saturated heterocycles. The number of carbonyl (C=O) groups is 2. The van der Waals surface area contributed by atoms with E-state index in [9.17, 15) is 18.4 Å². The second-order valence-electron chi connectivity index (χ2n) is 12.4. The van der Waals surface area contributed by atoms with E-state index in [-0.39, 0.29) is 42.3 Å². The van der Waals surface area contributed by atoms with Gasteiger partial charge in [0.15, 0.2) is 20.0 Å². The Morgan fingerprint density at radius 1 is 1.05 bits per heavy atom. The van der Waals surface area contributed by atoms with Crippen molar-refractivity contribution >= 4 is 37.7 Å². The van der Waals surface area contributed by atoms with E-state index in [1.165, 1.54) is 24.1 Å². The molecule has 0 bridgehead atoms. The van der Waals surface area contributed by atoms with Crippen LogP contribution < -0.4 is 5.32 Å². The minimum Gasteiger partial charge on any atom is -0.469 e. The number of esters is 1. The lowest BCUT2D eigenvalue weighted by Gasteiger charge is -2.40. The van der Waals surface area contributed by atoms with Crippen molar-refractivity contribution in [2.45, 2.75) is 77.8 Å². The van der Waals surface area contributed by atoms with Gasteiger partial charge in [0.25, 0.3) is 0 Å². The van der Waals surface area contributed by atoms with Crippen LogP contribution in [0.25, 0.3) is 0 Å². The third-order valence-corrected chi connectivity index (χ3v) is 11.6. The molecule has 0 spiro atoms. The fourth-order valence-electron chi connectivity index (χ4n) is 3.65. The van der Waals surface area contributed by atoms with E-state index in [1.807, 2.05) is 18.2 Å². The molecule has 0 fully saturated rings. The highest BCUT2D eigenvalue weighted by Crippen LogP contribution is 2.40. The van der Waals surface area contributed by atoms with Crippen LogP contribution in [-0.4, -0.2) is 57.6 Å². The average molecular weight is 613 g/mol. The Kier molecular flexibility index (Phi) is 11.8. The van der Waals surface area contributed by atoms with Gasteiger partial charge in [-0.1, -0.05) is 50.6 Å². The number of carbonyl (C=O) groups excluding carboxylic acids is 2. The molecule has 0 radical (unpaired) electrons. The zero-order valence-electron chi connectivity index (χ0n) is 25.5. The molecule has 0 saturated carbocycles. The molecule has 41 heavy (non-hydrogen) atoms. The number of nitrogens with one attached hydrogen (secondary N) is 1. The summed E-state index contributed by atoms with van der Waals surface area (Å²) in [5.74, 6) is -2.92. The van der Waals surface area contributed by atoms with E-state index in [1.54, 1.807) is 26.8 Å². The SMILES string of the molecule is COC(=O)Cc1ccc(NCCN(C[C@H](O[Si](C)(C)C(C)(C)C)c2cccc(Cl)c2)C(=O)OC(C)(C)C)c(F)c1F. The second kappa shape index (κ2) is 14.0. The lowest BCUT2D eigenvalue weighted by Crippen LogP contribution is -2.46. The van der Waals surface area contributed by atoms with E-state index < -0.39 is 43.7 Å². The molecule has 2 aromatic carbocycles. The van der Waals surface area contributed by atoms with E-state index in [2.05, 4.69) is 43.9 Å². The summed E-state index contributed by atoms with van der Waals surface area (Å²) in [6.45, 7) is 16.3. The predicted molar refractivity (Wildman–Crippen MR) is 161 cm³/mol. The maximum atomic E-state index is 14.8. The number of anilines is 1. The first kappa shape index (κ1) is 34.5. The Balaban J connectivity index is 2.32. The summed E-state index contributed by atoms with van der Waals surface area (Å²) >= 11 is 6.31. The van der Waals surface area contributed by atoms with E-state index >= 15 is 0 Å². The first-order chi connectivity index (χ1) is 18.8. The van der Waals surface area contributed by atoms with Crippen molar-refractivity contribution in [3.63, 3.8) is 0 Å². The molecule has 228 valence electrons. The molecule has 0 aromatic heterocycles. The van der Waals surface area contributed by atoms with Crippen LogP contribution in [0.5, 0.6) is 0 Å². The molecule has 2 rings (SSSR count). The summed E-state index contributed by atoms with van der Waals surface area (Å²) in [7, 11) is -1.12. The Hall–Kier alpha value is -2.69. The van der Waals surface area contributed by atoms with E-state index in [4.69, 9.17) is 20.8 Å². The van der Waals surface area contributed by atoms with Crippen molar-refractivity contribution in [2.75, 3.05) is 32.1 Å². The summed E-state index contributed by atoms with van der Waals surface area (Å²) in [5.41, 5.74) is -0.135. The van der Waals surface area contributed by atoms with Gasteiger partial charge in [-0.15, -0.1) is 0 Å². The number of amides is 1. The Labute approximate surface area is 248 Å². The first-order valence-corrected chi connectivity index (χ1v) is 16.8. The number of benzene rings is 2. The zero-order valence-corrected chi connectivity index (χ0v) is 27.2. The van der Waals surface area contributed by atoms with Gasteiger partial charge in [-0.3, -0.25) is 4.79 Å². The topological polar surface area (TPSA) is 77.1 Å². The summed E-state index contributed by atoms with van der Waals surface area (Å²) < 4.78 is 46.3. The largest absolute Gasteiger partial charge is 0.469 e. The van der Waals surface area contributed by atoms with Crippen LogP contribution >= 0.6 is 11.6 Å². The van der Waals surface area contributed by atoms with Crippen molar-refractivity contribution in [1.82, 2.24) is 4.90 Å². The fraction of sp³-hybridized carbons (Fsp3) is 0.533. The van der Waals surface area contributed by atoms with Crippen molar-refractivity contribution in [2.24, 2.45) is 0 Å². The molecule has 1 amide bonds. The van der Waals surface area contributed by atoms with Crippen LogP contribution in [0.2, 0.25) is 23.2 Å². The van der Waals surface area contributed by atoms with Gasteiger partial charge in [0.2, 0.25) is 0 Å². The lowest BCUT2D eigenvalue weighted by atomic mass is 10.1. The predicted octanol–water partition coefficient (Wildman–Crippen LogP) is 7.75. The molecule has 2 aromatic rings. The Morgan fingerprint density at radius 2 is 1.71 bits per heavy atom. The van der Waals surface area contributed by atoms with E-state index in [0.29, 0.717) is 5.02 Å². The van der Waals surface area contributed by atoms with Crippen LogP contribution in [0.4, 0.5) is 19.3 Å². The number of nitrogens with zero attached hydrogens (tertiary/aromatic N) is 1. The molecular weight excluding hydrogens is 570 g/mol. The number of ether oxygens (including phenoxy) is 2. The van der Waals surface area contributed by atoms with Crippen molar-refractivity contribution in [3.8, 4) is 0 Å². The van der Waals surface area contributed by atoms with Gasteiger partial charge in [0.05, 0.1) is 31.9 Å². The maximum Gasteiger partial charge on any atom is 0.410 e. The number of halogens is 3. The van der Waals surface area contributed by atoms with Gasteiger partial charge in [-0.25, -0.2) is 13.6 Å². The highest BCUT2D eigenvalue weighted by Gasteiger charge is 2.40. The third-order valence-electron chi connectivity index (χ3n) is 6.92. The van der Waals surface area contributed by atoms with Crippen LogP contribution in [-0.2, 0) is 25.1 Å². The molecule has 0 heterocycles. The molecule has 0 aliphatic heterocycles. The van der Waals surface area contributed by atoms with Crippen LogP contribution in [0.15, 0.2) is 36.4 Å². The van der Waals surface area contributed by atoms with Gasteiger partial charge < -0.3 is 24.1 Å². The monoisotopic (exact) mass is 612 g/mol.